The molecule has 7 heteroatoms. The minimum Gasteiger partial charge on any atom is -0.369 e. The van der Waals surface area contributed by atoms with Gasteiger partial charge in [0.15, 0.2) is 0 Å². The zero-order valence-electron chi connectivity index (χ0n) is 15.9. The Morgan fingerprint density at radius 1 is 1.11 bits per heavy atom. The van der Waals surface area contributed by atoms with Gasteiger partial charge >= 0.3 is 0 Å². The molecule has 2 amide bonds. The van der Waals surface area contributed by atoms with E-state index in [1.54, 1.807) is 0 Å². The number of fused-ring (bicyclic) bond motifs is 1. The molecule has 0 spiro atoms. The molecule has 0 bridgehead atoms. The molecule has 1 atom stereocenters. The third kappa shape index (κ3) is 4.31. The van der Waals surface area contributed by atoms with Crippen LogP contribution in [0.1, 0.15) is 6.42 Å². The lowest BCUT2D eigenvalue weighted by atomic mass is 10.2. The van der Waals surface area contributed by atoms with Gasteiger partial charge in [0.1, 0.15) is 0 Å². The van der Waals surface area contributed by atoms with Gasteiger partial charge in [0.05, 0.1) is 10.9 Å². The largest absolute Gasteiger partial charge is 0.369 e. The van der Waals surface area contributed by atoms with E-state index in [9.17, 15) is 9.59 Å². The number of anilines is 3. The average molecular weight is 397 g/mol. The monoisotopic (exact) mass is 396 g/mol. The molecule has 146 valence electrons. The fraction of sp³-hybridized carbons (Fsp3) is 0.333. The molecular weight excluding hydrogens is 372 g/mol. The third-order valence-electron chi connectivity index (χ3n) is 5.10. The van der Waals surface area contributed by atoms with Crippen molar-refractivity contribution >= 4 is 40.6 Å². The smallest absolute Gasteiger partial charge is 0.238 e. The molecule has 2 aromatic rings. The molecule has 0 aromatic heterocycles. The van der Waals surface area contributed by atoms with Crippen LogP contribution in [-0.2, 0) is 9.59 Å². The fourth-order valence-corrected chi connectivity index (χ4v) is 4.54. The zero-order chi connectivity index (χ0) is 19.5. The second-order valence-corrected chi connectivity index (χ2v) is 8.43. The summed E-state index contributed by atoms with van der Waals surface area (Å²) in [6, 6.07) is 15.6. The molecule has 2 heterocycles. The van der Waals surface area contributed by atoms with Crippen LogP contribution in [0, 0.1) is 0 Å². The van der Waals surface area contributed by atoms with Crippen molar-refractivity contribution in [2.24, 2.45) is 0 Å². The second-order valence-electron chi connectivity index (χ2n) is 7.18. The maximum atomic E-state index is 12.4. The number of amides is 2. The van der Waals surface area contributed by atoms with Crippen molar-refractivity contribution < 1.29 is 9.59 Å². The van der Waals surface area contributed by atoms with Crippen LogP contribution in [0.3, 0.4) is 0 Å². The van der Waals surface area contributed by atoms with Crippen LogP contribution in [0.4, 0.5) is 17.1 Å². The quantitative estimate of drug-likeness (QED) is 0.832. The molecule has 28 heavy (non-hydrogen) atoms. The van der Waals surface area contributed by atoms with Crippen LogP contribution < -0.4 is 15.5 Å². The molecule has 2 aliphatic rings. The highest BCUT2D eigenvalue weighted by molar-refractivity contribution is 8.01. The summed E-state index contributed by atoms with van der Waals surface area (Å²) in [5.74, 6) is -0.274. The van der Waals surface area contributed by atoms with Crippen molar-refractivity contribution in [1.82, 2.24) is 4.90 Å². The molecule has 1 fully saturated rings. The fourth-order valence-electron chi connectivity index (χ4n) is 3.43. The van der Waals surface area contributed by atoms with E-state index in [2.05, 4.69) is 27.5 Å². The van der Waals surface area contributed by atoms with E-state index in [1.807, 2.05) is 48.5 Å². The number of carbonyl (C=O) groups excluding carboxylic acids is 2. The number of benzene rings is 2. The van der Waals surface area contributed by atoms with Crippen LogP contribution >= 0.6 is 11.8 Å². The molecule has 0 aliphatic carbocycles. The van der Waals surface area contributed by atoms with Crippen LogP contribution in [0.2, 0.25) is 0 Å². The number of carbonyl (C=O) groups is 2. The first-order valence-corrected chi connectivity index (χ1v) is 10.4. The van der Waals surface area contributed by atoms with E-state index in [1.165, 1.54) is 17.4 Å². The number of thioether (sulfide) groups is 1. The topological polar surface area (TPSA) is 64.7 Å². The Kier molecular flexibility index (Phi) is 5.54. The zero-order valence-corrected chi connectivity index (χ0v) is 16.7. The highest BCUT2D eigenvalue weighted by Gasteiger charge is 2.28. The van der Waals surface area contributed by atoms with Crippen molar-refractivity contribution in [3.05, 3.63) is 48.5 Å². The van der Waals surface area contributed by atoms with Gasteiger partial charge in [-0.05, 0) is 43.4 Å². The normalized spacial score (nSPS) is 19.7. The molecule has 6 nitrogen and oxygen atoms in total. The molecular formula is C21H24N4O2S. The van der Waals surface area contributed by atoms with Crippen LogP contribution in [0.5, 0.6) is 0 Å². The van der Waals surface area contributed by atoms with E-state index >= 15 is 0 Å². The molecule has 4 rings (SSSR count). The lowest BCUT2D eigenvalue weighted by Gasteiger charge is -2.34. The first-order valence-electron chi connectivity index (χ1n) is 9.48. The van der Waals surface area contributed by atoms with Gasteiger partial charge in [0, 0.05) is 48.9 Å². The Bertz CT molecular complexity index is 863. The lowest BCUT2D eigenvalue weighted by molar-refractivity contribution is -0.120. The minimum atomic E-state index is -0.417. The van der Waals surface area contributed by atoms with Gasteiger partial charge in [-0.25, -0.2) is 0 Å². The maximum Gasteiger partial charge on any atom is 0.238 e. The standard InChI is InChI=1S/C21H24N4O2S/c1-24-10-12-25(13-11-24)16-8-6-15(7-9-16)22-20(26)14-19-21(27)23-17-4-2-3-5-18(17)28-19/h2-9,19H,10-14H2,1H3,(H,22,26)(H,23,27). The number of para-hydroxylation sites is 1. The number of piperazine rings is 1. The molecule has 0 radical (unpaired) electrons. The van der Waals surface area contributed by atoms with E-state index in [0.717, 1.165) is 42.4 Å². The van der Waals surface area contributed by atoms with E-state index < -0.39 is 5.25 Å². The Balaban J connectivity index is 1.33. The minimum absolute atomic E-state index is 0.121. The highest BCUT2D eigenvalue weighted by atomic mass is 32.2. The summed E-state index contributed by atoms with van der Waals surface area (Å²) < 4.78 is 0. The molecule has 2 aliphatic heterocycles. The first-order chi connectivity index (χ1) is 13.6. The van der Waals surface area contributed by atoms with Crippen molar-refractivity contribution in [3.63, 3.8) is 0 Å². The number of nitrogens with one attached hydrogen (secondary N) is 2. The number of hydrogen-bond donors (Lipinski definition) is 2. The number of nitrogens with zero attached hydrogens (tertiary/aromatic N) is 2. The maximum absolute atomic E-state index is 12.4. The summed E-state index contributed by atoms with van der Waals surface area (Å²) in [5.41, 5.74) is 2.74. The van der Waals surface area contributed by atoms with Gasteiger partial charge in [0.2, 0.25) is 11.8 Å². The summed E-state index contributed by atoms with van der Waals surface area (Å²) in [6.07, 6.45) is 0.144. The van der Waals surface area contributed by atoms with E-state index in [0.29, 0.717) is 0 Å². The third-order valence-corrected chi connectivity index (χ3v) is 6.37. The lowest BCUT2D eigenvalue weighted by Crippen LogP contribution is -2.44. The van der Waals surface area contributed by atoms with Gasteiger partial charge in [0.25, 0.3) is 0 Å². The van der Waals surface area contributed by atoms with Gasteiger partial charge in [-0.2, -0.15) is 0 Å². The van der Waals surface area contributed by atoms with Gasteiger partial charge in [-0.3, -0.25) is 9.59 Å². The summed E-state index contributed by atoms with van der Waals surface area (Å²) in [5, 5.41) is 5.37. The van der Waals surface area contributed by atoms with Crippen molar-refractivity contribution in [3.8, 4) is 0 Å². The Labute approximate surface area is 169 Å². The van der Waals surface area contributed by atoms with Gasteiger partial charge < -0.3 is 20.4 Å². The predicted octanol–water partition coefficient (Wildman–Crippen LogP) is 2.88. The SMILES string of the molecule is CN1CCN(c2ccc(NC(=O)CC3Sc4ccccc4NC3=O)cc2)CC1. The number of likely N-dealkylation sites (N-methyl/N-ethyl adjacent to an activating group) is 1. The number of hydrogen-bond acceptors (Lipinski definition) is 5. The molecule has 0 saturated carbocycles. The van der Waals surface area contributed by atoms with Crippen LogP contribution in [0.25, 0.3) is 0 Å². The Morgan fingerprint density at radius 2 is 1.82 bits per heavy atom. The van der Waals surface area contributed by atoms with Crippen molar-refractivity contribution in [2.45, 2.75) is 16.6 Å². The first kappa shape index (κ1) is 18.8. The van der Waals surface area contributed by atoms with Crippen LogP contribution in [0.15, 0.2) is 53.4 Å². The molecule has 1 unspecified atom stereocenters. The average Bonchev–Trinajstić information content (AvgIpc) is 2.70. The summed E-state index contributed by atoms with van der Waals surface area (Å²) in [7, 11) is 2.14. The predicted molar refractivity (Wildman–Crippen MR) is 114 cm³/mol. The number of rotatable bonds is 4. The molecule has 2 N–H and O–H groups in total. The Hall–Kier alpha value is -2.51. The second kappa shape index (κ2) is 8.24. The van der Waals surface area contributed by atoms with E-state index in [4.69, 9.17) is 0 Å². The van der Waals surface area contributed by atoms with Crippen molar-refractivity contribution in [1.29, 1.82) is 0 Å². The summed E-state index contributed by atoms with van der Waals surface area (Å²) >= 11 is 1.44. The van der Waals surface area contributed by atoms with E-state index in [-0.39, 0.29) is 18.2 Å². The molecule has 2 aromatic carbocycles. The summed E-state index contributed by atoms with van der Waals surface area (Å²) in [4.78, 5) is 30.4. The van der Waals surface area contributed by atoms with Gasteiger partial charge in [-0.1, -0.05) is 12.1 Å². The summed E-state index contributed by atoms with van der Waals surface area (Å²) in [6.45, 7) is 4.14. The highest BCUT2D eigenvalue weighted by Crippen LogP contribution is 2.36. The Morgan fingerprint density at radius 3 is 2.57 bits per heavy atom. The molecule has 1 saturated heterocycles. The van der Waals surface area contributed by atoms with Crippen molar-refractivity contribution in [2.75, 3.05) is 48.8 Å². The van der Waals surface area contributed by atoms with Gasteiger partial charge in [-0.15, -0.1) is 11.8 Å². The van der Waals surface area contributed by atoms with Crippen LogP contribution in [-0.4, -0.2) is 55.2 Å².